The van der Waals surface area contributed by atoms with Crippen molar-refractivity contribution < 1.29 is 14.3 Å². The molecule has 6 heteroatoms. The number of carbonyl (C=O) groups excluding carboxylic acids is 1. The fourth-order valence-electron chi connectivity index (χ4n) is 2.92. The molecule has 5 nitrogen and oxygen atoms in total. The zero-order valence-electron chi connectivity index (χ0n) is 13.7. The Kier molecular flexibility index (Phi) is 4.97. The number of nitrogens with zero attached hydrogens (tertiary/aromatic N) is 2. The molecule has 1 saturated heterocycles. The van der Waals surface area contributed by atoms with Crippen LogP contribution in [0.15, 0.2) is 53.5 Å². The number of hydrogen-bond donors (Lipinski definition) is 2. The van der Waals surface area contributed by atoms with Gasteiger partial charge in [0, 0.05) is 13.0 Å². The minimum absolute atomic E-state index is 0.0251. The molecule has 1 amide bonds. The Bertz CT molecular complexity index is 772. The fourth-order valence-corrected chi connectivity index (χ4v) is 2.92. The Morgan fingerprint density at radius 1 is 1.16 bits per heavy atom. The van der Waals surface area contributed by atoms with Gasteiger partial charge in [0.25, 0.3) is 0 Å². The maximum absolute atomic E-state index is 13.0. The number of carbonyl (C=O) groups is 1. The zero-order chi connectivity index (χ0) is 17.8. The summed E-state index contributed by atoms with van der Waals surface area (Å²) in [6, 6.07) is 12.6. The van der Waals surface area contributed by atoms with Crippen LogP contribution in [0.2, 0.25) is 0 Å². The number of phenolic OH excluding ortho intramolecular Hbond substituents is 1. The van der Waals surface area contributed by atoms with E-state index < -0.39 is 0 Å². The molecule has 3 rings (SSSR count). The third-order valence-electron chi connectivity index (χ3n) is 4.32. The Balaban J connectivity index is 1.70. The Hall–Kier alpha value is -2.89. The van der Waals surface area contributed by atoms with Gasteiger partial charge in [-0.15, -0.1) is 0 Å². The first-order valence-electron chi connectivity index (χ1n) is 8.14. The van der Waals surface area contributed by atoms with E-state index in [1.807, 2.05) is 0 Å². The number of rotatable bonds is 5. The highest BCUT2D eigenvalue weighted by Crippen LogP contribution is 2.22. The van der Waals surface area contributed by atoms with Crippen LogP contribution < -0.4 is 5.73 Å². The molecule has 1 aliphatic rings. The quantitative estimate of drug-likeness (QED) is 0.648. The van der Waals surface area contributed by atoms with Crippen molar-refractivity contribution in [2.24, 2.45) is 10.7 Å². The van der Waals surface area contributed by atoms with Gasteiger partial charge in [-0.05, 0) is 41.8 Å². The van der Waals surface area contributed by atoms with Crippen LogP contribution >= 0.6 is 0 Å². The molecule has 1 atom stereocenters. The van der Waals surface area contributed by atoms with Gasteiger partial charge in [-0.2, -0.15) is 0 Å². The van der Waals surface area contributed by atoms with Gasteiger partial charge < -0.3 is 15.7 Å². The van der Waals surface area contributed by atoms with Crippen LogP contribution in [0.25, 0.3) is 0 Å². The maximum Gasteiger partial charge on any atom is 0.223 e. The van der Waals surface area contributed by atoms with Crippen LogP contribution in [-0.2, 0) is 17.9 Å². The Morgan fingerprint density at radius 3 is 2.48 bits per heavy atom. The molecule has 3 N–H and O–H groups in total. The molecule has 0 spiro atoms. The molecular weight excluding hydrogens is 321 g/mol. The van der Waals surface area contributed by atoms with Crippen molar-refractivity contribution in [3.63, 3.8) is 0 Å². The molecule has 0 aromatic heterocycles. The van der Waals surface area contributed by atoms with Crippen LogP contribution in [0, 0.1) is 5.82 Å². The van der Waals surface area contributed by atoms with Gasteiger partial charge in [0.15, 0.2) is 0 Å². The highest BCUT2D eigenvalue weighted by Gasteiger charge is 2.33. The number of nitrogens with two attached hydrogens (primary N) is 1. The minimum atomic E-state index is -0.303. The second-order valence-electron chi connectivity index (χ2n) is 6.11. The number of amidine groups is 1. The molecule has 1 heterocycles. The second-order valence-corrected chi connectivity index (χ2v) is 6.11. The normalized spacial score (nSPS) is 18.0. The predicted molar refractivity (Wildman–Crippen MR) is 93.4 cm³/mol. The van der Waals surface area contributed by atoms with E-state index >= 15 is 0 Å². The highest BCUT2D eigenvalue weighted by atomic mass is 19.1. The van der Waals surface area contributed by atoms with E-state index in [0.717, 1.165) is 11.1 Å². The average Bonchev–Trinajstić information content (AvgIpc) is 2.97. The molecule has 0 radical (unpaired) electrons. The van der Waals surface area contributed by atoms with E-state index in [-0.39, 0.29) is 23.5 Å². The number of hydrogen-bond acceptors (Lipinski definition) is 3. The van der Waals surface area contributed by atoms with Crippen LogP contribution in [0.5, 0.6) is 5.75 Å². The molecule has 0 bridgehead atoms. The van der Waals surface area contributed by atoms with E-state index in [0.29, 0.717) is 31.8 Å². The van der Waals surface area contributed by atoms with Crippen LogP contribution in [0.4, 0.5) is 4.39 Å². The van der Waals surface area contributed by atoms with Gasteiger partial charge >= 0.3 is 0 Å². The number of aliphatic imine (C=N–C) groups is 1. The third kappa shape index (κ3) is 4.15. The van der Waals surface area contributed by atoms with Gasteiger partial charge in [0.1, 0.15) is 17.4 Å². The first-order chi connectivity index (χ1) is 12.0. The number of amides is 1. The third-order valence-corrected chi connectivity index (χ3v) is 4.32. The van der Waals surface area contributed by atoms with Crippen LogP contribution in [-0.4, -0.2) is 27.8 Å². The van der Waals surface area contributed by atoms with E-state index in [1.165, 1.54) is 12.1 Å². The zero-order valence-corrected chi connectivity index (χ0v) is 13.7. The van der Waals surface area contributed by atoms with Gasteiger partial charge in [-0.1, -0.05) is 24.3 Å². The number of benzene rings is 2. The summed E-state index contributed by atoms with van der Waals surface area (Å²) < 4.78 is 13.0. The predicted octanol–water partition coefficient (Wildman–Crippen LogP) is 2.58. The Morgan fingerprint density at radius 2 is 1.80 bits per heavy atom. The van der Waals surface area contributed by atoms with Crippen LogP contribution in [0.1, 0.15) is 24.0 Å². The van der Waals surface area contributed by atoms with Crippen molar-refractivity contribution in [1.82, 2.24) is 4.90 Å². The molecule has 2 aromatic rings. The lowest BCUT2D eigenvalue weighted by molar-refractivity contribution is -0.128. The number of halogens is 1. The van der Waals surface area contributed by atoms with Crippen LogP contribution in [0.3, 0.4) is 0 Å². The Labute approximate surface area is 145 Å². The second kappa shape index (κ2) is 7.34. The van der Waals surface area contributed by atoms with E-state index in [4.69, 9.17) is 5.73 Å². The summed E-state index contributed by atoms with van der Waals surface area (Å²) in [5, 5.41) is 9.30. The van der Waals surface area contributed by atoms with Gasteiger partial charge in [-0.3, -0.25) is 9.79 Å². The highest BCUT2D eigenvalue weighted by molar-refractivity contribution is 5.93. The molecule has 2 aromatic carbocycles. The summed E-state index contributed by atoms with van der Waals surface area (Å²) in [6.45, 7) is 0.778. The van der Waals surface area contributed by atoms with Gasteiger partial charge in [-0.25, -0.2) is 4.39 Å². The average molecular weight is 341 g/mol. The van der Waals surface area contributed by atoms with Crippen molar-refractivity contribution in [3.05, 3.63) is 65.5 Å². The molecule has 0 aliphatic carbocycles. The summed E-state index contributed by atoms with van der Waals surface area (Å²) in [5.41, 5.74) is 7.91. The van der Waals surface area contributed by atoms with E-state index in [2.05, 4.69) is 4.99 Å². The van der Waals surface area contributed by atoms with Crippen molar-refractivity contribution in [2.45, 2.75) is 32.0 Å². The first-order valence-corrected chi connectivity index (χ1v) is 8.14. The van der Waals surface area contributed by atoms with Crippen molar-refractivity contribution in [3.8, 4) is 5.75 Å². The number of phenols is 1. The lowest BCUT2D eigenvalue weighted by Crippen LogP contribution is -2.42. The summed E-state index contributed by atoms with van der Waals surface area (Å²) in [6.07, 6.45) is 1.06. The van der Waals surface area contributed by atoms with Crippen molar-refractivity contribution >= 4 is 11.7 Å². The summed E-state index contributed by atoms with van der Waals surface area (Å²) in [7, 11) is 0. The fraction of sp³-hybridized carbons (Fsp3) is 0.263. The lowest BCUT2D eigenvalue weighted by Gasteiger charge is -2.24. The summed E-state index contributed by atoms with van der Waals surface area (Å²) in [4.78, 5) is 18.3. The molecular formula is C19H20FN3O2. The molecule has 1 aliphatic heterocycles. The van der Waals surface area contributed by atoms with E-state index in [1.54, 1.807) is 41.3 Å². The summed E-state index contributed by atoms with van der Waals surface area (Å²) in [5.74, 6) is 0.341. The number of likely N-dealkylation sites (tertiary alicyclic amines) is 1. The molecule has 1 fully saturated rings. The van der Waals surface area contributed by atoms with Crippen molar-refractivity contribution in [1.29, 1.82) is 0 Å². The standard InChI is InChI=1S/C19H20FN3O2/c20-15-5-1-14(2-6-15)12-23-17(9-10-18(23)25)19(21)22-11-13-3-7-16(24)8-4-13/h1-8,17,24H,9-12H2,(H2,21,22)/t17-/m0/s1. The van der Waals surface area contributed by atoms with Gasteiger partial charge in [0.05, 0.1) is 12.6 Å². The lowest BCUT2D eigenvalue weighted by atomic mass is 10.1. The molecule has 25 heavy (non-hydrogen) atoms. The number of aromatic hydroxyl groups is 1. The maximum atomic E-state index is 13.0. The SMILES string of the molecule is NC(=NCc1ccc(O)cc1)[C@@H]1CCC(=O)N1Cc1ccc(F)cc1. The smallest absolute Gasteiger partial charge is 0.223 e. The molecule has 0 saturated carbocycles. The monoisotopic (exact) mass is 341 g/mol. The largest absolute Gasteiger partial charge is 0.508 e. The minimum Gasteiger partial charge on any atom is -0.508 e. The van der Waals surface area contributed by atoms with Gasteiger partial charge in [0.2, 0.25) is 5.91 Å². The molecule has 0 unspecified atom stereocenters. The summed E-state index contributed by atoms with van der Waals surface area (Å²) >= 11 is 0. The topological polar surface area (TPSA) is 78.9 Å². The molecule has 130 valence electrons. The van der Waals surface area contributed by atoms with E-state index in [9.17, 15) is 14.3 Å². The van der Waals surface area contributed by atoms with Crippen molar-refractivity contribution in [2.75, 3.05) is 0 Å². The first kappa shape index (κ1) is 17.0.